The number of para-hydroxylation sites is 1. The molecule has 3 aliphatic rings. The Morgan fingerprint density at radius 3 is 2.26 bits per heavy atom. The molecule has 42 heavy (non-hydrogen) atoms. The van der Waals surface area contributed by atoms with Crippen molar-refractivity contribution in [1.29, 1.82) is 0 Å². The predicted molar refractivity (Wildman–Crippen MR) is 157 cm³/mol. The van der Waals surface area contributed by atoms with Gasteiger partial charge in [0.25, 0.3) is 17.6 Å². The van der Waals surface area contributed by atoms with Crippen LogP contribution in [0.3, 0.4) is 0 Å². The normalized spacial score (nSPS) is 22.7. The molecule has 5 rings (SSSR count). The van der Waals surface area contributed by atoms with E-state index in [9.17, 15) is 27.9 Å². The molecule has 1 unspecified atom stereocenters. The van der Waals surface area contributed by atoms with Crippen LogP contribution in [0.1, 0.15) is 56.6 Å². The highest BCUT2D eigenvalue weighted by atomic mass is 32.2. The number of Topliss-reactive ketones (excluding diaryl/α,β-unsaturated/α-hetero) is 1. The molecule has 2 saturated heterocycles. The zero-order chi connectivity index (χ0) is 30.1. The summed E-state index contributed by atoms with van der Waals surface area (Å²) in [7, 11) is -2.21. The van der Waals surface area contributed by atoms with Gasteiger partial charge in [-0.05, 0) is 56.0 Å². The van der Waals surface area contributed by atoms with Crippen molar-refractivity contribution in [3.63, 3.8) is 0 Å². The molecular weight excluding hydrogens is 558 g/mol. The maximum Gasteiger partial charge on any atom is 0.296 e. The first kappa shape index (κ1) is 29.9. The van der Waals surface area contributed by atoms with Crippen molar-refractivity contribution in [2.75, 3.05) is 44.8 Å². The SMILES string of the molecule is CCCN1C(=O)C2(/C(=C(/O)c3ccc(S(=O)(=O)N4CCCCCC4)cc3)C(=O)C(=O)N2CCCOC)c2ccccc21. The lowest BCUT2D eigenvalue weighted by atomic mass is 9.82. The molecule has 1 atom stereocenters. The van der Waals surface area contributed by atoms with E-state index in [4.69, 9.17) is 4.74 Å². The van der Waals surface area contributed by atoms with Crippen LogP contribution in [0.2, 0.25) is 0 Å². The lowest BCUT2D eigenvalue weighted by molar-refractivity contribution is -0.143. The summed E-state index contributed by atoms with van der Waals surface area (Å²) in [5, 5.41) is 11.7. The third-order valence-electron chi connectivity index (χ3n) is 8.32. The van der Waals surface area contributed by atoms with E-state index in [1.807, 2.05) is 6.92 Å². The molecule has 1 spiro atoms. The van der Waals surface area contributed by atoms with E-state index in [0.717, 1.165) is 25.7 Å². The molecule has 224 valence electrons. The number of aliphatic hydroxyl groups is 1. The summed E-state index contributed by atoms with van der Waals surface area (Å²) < 4.78 is 33.3. The number of amides is 2. The van der Waals surface area contributed by atoms with E-state index in [0.29, 0.717) is 50.3 Å². The van der Waals surface area contributed by atoms with Crippen LogP contribution in [0.5, 0.6) is 0 Å². The molecule has 0 bridgehead atoms. The van der Waals surface area contributed by atoms with Crippen molar-refractivity contribution in [3.05, 3.63) is 65.2 Å². The molecule has 2 aromatic carbocycles. The van der Waals surface area contributed by atoms with Gasteiger partial charge in [-0.2, -0.15) is 4.31 Å². The van der Waals surface area contributed by atoms with Crippen molar-refractivity contribution in [2.45, 2.75) is 55.9 Å². The van der Waals surface area contributed by atoms with Gasteiger partial charge in [0, 0.05) is 51.0 Å². The zero-order valence-corrected chi connectivity index (χ0v) is 24.9. The Morgan fingerprint density at radius 2 is 1.62 bits per heavy atom. The van der Waals surface area contributed by atoms with Crippen LogP contribution < -0.4 is 4.90 Å². The summed E-state index contributed by atoms with van der Waals surface area (Å²) in [5.74, 6) is -2.85. The van der Waals surface area contributed by atoms with Crippen LogP contribution in [-0.4, -0.2) is 80.2 Å². The van der Waals surface area contributed by atoms with Crippen molar-refractivity contribution < 1.29 is 32.6 Å². The topological polar surface area (TPSA) is 125 Å². The summed E-state index contributed by atoms with van der Waals surface area (Å²) in [4.78, 5) is 44.5. The average molecular weight is 596 g/mol. The van der Waals surface area contributed by atoms with Crippen molar-refractivity contribution in [2.24, 2.45) is 0 Å². The highest BCUT2D eigenvalue weighted by molar-refractivity contribution is 7.89. The molecular formula is C31H37N3O7S. The average Bonchev–Trinajstić information content (AvgIpc) is 3.20. The van der Waals surface area contributed by atoms with Crippen LogP contribution in [-0.2, 0) is 34.7 Å². The lowest BCUT2D eigenvalue weighted by Crippen LogP contribution is -2.52. The third kappa shape index (κ3) is 4.73. The second-order valence-corrected chi connectivity index (χ2v) is 12.8. The summed E-state index contributed by atoms with van der Waals surface area (Å²) >= 11 is 0. The Bertz CT molecular complexity index is 1510. The summed E-state index contributed by atoms with van der Waals surface area (Å²) in [6.07, 6.45) is 4.58. The Kier molecular flexibility index (Phi) is 8.54. The first-order valence-electron chi connectivity index (χ1n) is 14.5. The number of sulfonamides is 1. The Morgan fingerprint density at radius 1 is 0.952 bits per heavy atom. The first-order chi connectivity index (χ1) is 20.2. The molecule has 0 radical (unpaired) electrons. The molecule has 1 N–H and O–H groups in total. The molecule has 2 aromatic rings. The highest BCUT2D eigenvalue weighted by Gasteiger charge is 2.66. The van der Waals surface area contributed by atoms with Crippen LogP contribution in [0.4, 0.5) is 5.69 Å². The molecule has 3 heterocycles. The van der Waals surface area contributed by atoms with Crippen LogP contribution >= 0.6 is 0 Å². The Labute approximate surface area is 246 Å². The number of methoxy groups -OCH3 is 1. The van der Waals surface area contributed by atoms with E-state index >= 15 is 0 Å². The minimum Gasteiger partial charge on any atom is -0.507 e. The zero-order valence-electron chi connectivity index (χ0n) is 24.0. The minimum absolute atomic E-state index is 0.0578. The number of aliphatic hydroxyl groups excluding tert-OH is 1. The summed E-state index contributed by atoms with van der Waals surface area (Å²) in [6.45, 7) is 3.56. The monoisotopic (exact) mass is 595 g/mol. The number of rotatable bonds is 9. The summed E-state index contributed by atoms with van der Waals surface area (Å²) in [5.41, 5.74) is -1.01. The maximum absolute atomic E-state index is 14.4. The van der Waals surface area contributed by atoms with Crippen LogP contribution in [0.15, 0.2) is 59.0 Å². The van der Waals surface area contributed by atoms with Crippen molar-refractivity contribution in [3.8, 4) is 0 Å². The fourth-order valence-corrected chi connectivity index (χ4v) is 7.86. The van der Waals surface area contributed by atoms with E-state index < -0.39 is 38.9 Å². The minimum atomic E-state index is -3.74. The van der Waals surface area contributed by atoms with E-state index in [1.165, 1.54) is 40.6 Å². The molecule has 0 aromatic heterocycles. The van der Waals surface area contributed by atoms with Gasteiger partial charge in [0.1, 0.15) is 5.76 Å². The number of carbonyl (C=O) groups excluding carboxylic acids is 3. The number of hydrogen-bond donors (Lipinski definition) is 1. The molecule has 2 amide bonds. The molecule has 0 saturated carbocycles. The van der Waals surface area contributed by atoms with Gasteiger partial charge in [-0.15, -0.1) is 0 Å². The van der Waals surface area contributed by atoms with Gasteiger partial charge in [-0.1, -0.05) is 38.0 Å². The molecule has 11 heteroatoms. The molecule has 3 aliphatic heterocycles. The Balaban J connectivity index is 1.64. The number of ether oxygens (including phenoxy) is 1. The van der Waals surface area contributed by atoms with Gasteiger partial charge >= 0.3 is 0 Å². The van der Waals surface area contributed by atoms with Gasteiger partial charge in [0.15, 0.2) is 5.54 Å². The number of fused-ring (bicyclic) bond motifs is 2. The lowest BCUT2D eigenvalue weighted by Gasteiger charge is -2.34. The number of likely N-dealkylation sites (tertiary alicyclic amines) is 1. The number of benzene rings is 2. The van der Waals surface area contributed by atoms with Gasteiger partial charge in [-0.25, -0.2) is 8.42 Å². The van der Waals surface area contributed by atoms with E-state index in [-0.39, 0.29) is 22.6 Å². The number of carbonyl (C=O) groups is 3. The molecule has 0 aliphatic carbocycles. The third-order valence-corrected chi connectivity index (χ3v) is 10.2. The number of ketones is 1. The fourth-order valence-electron chi connectivity index (χ4n) is 6.34. The second-order valence-electron chi connectivity index (χ2n) is 10.9. The smallest absolute Gasteiger partial charge is 0.296 e. The van der Waals surface area contributed by atoms with Gasteiger partial charge in [-0.3, -0.25) is 14.4 Å². The number of hydrogen-bond acceptors (Lipinski definition) is 7. The van der Waals surface area contributed by atoms with Crippen LogP contribution in [0.25, 0.3) is 5.76 Å². The standard InChI is InChI=1S/C31H37N3O7S/c1-3-17-33-25-12-7-6-11-24(25)31(30(33)38)26(28(36)29(37)34(31)20-10-21-41-2)27(35)22-13-15-23(16-14-22)42(39,40)32-18-8-4-5-9-19-32/h6-7,11-16,35H,3-5,8-10,17-21H2,1-2H3/b27-26+. The van der Waals surface area contributed by atoms with Crippen molar-refractivity contribution in [1.82, 2.24) is 9.21 Å². The van der Waals surface area contributed by atoms with Gasteiger partial charge < -0.3 is 19.6 Å². The van der Waals surface area contributed by atoms with Crippen LogP contribution in [0, 0.1) is 0 Å². The van der Waals surface area contributed by atoms with E-state index in [2.05, 4.69) is 0 Å². The Hall–Kier alpha value is -3.54. The number of anilines is 1. The van der Waals surface area contributed by atoms with Gasteiger partial charge in [0.2, 0.25) is 10.0 Å². The predicted octanol–water partition coefficient (Wildman–Crippen LogP) is 3.62. The highest BCUT2D eigenvalue weighted by Crippen LogP contribution is 2.53. The maximum atomic E-state index is 14.4. The number of nitrogens with zero attached hydrogens (tertiary/aromatic N) is 3. The quantitative estimate of drug-likeness (QED) is 0.203. The first-order valence-corrected chi connectivity index (χ1v) is 16.0. The molecule has 10 nitrogen and oxygen atoms in total. The fraction of sp³-hybridized carbons (Fsp3) is 0.452. The summed E-state index contributed by atoms with van der Waals surface area (Å²) in [6, 6.07) is 12.6. The molecule has 2 fully saturated rings. The van der Waals surface area contributed by atoms with E-state index in [1.54, 1.807) is 29.2 Å². The van der Waals surface area contributed by atoms with Crippen molar-refractivity contribution >= 4 is 39.1 Å². The second kappa shape index (κ2) is 12.0. The largest absolute Gasteiger partial charge is 0.507 e. The van der Waals surface area contributed by atoms with Gasteiger partial charge in [0.05, 0.1) is 16.2 Å².